The Kier molecular flexibility index (Phi) is 2.11. The predicted octanol–water partition coefficient (Wildman–Crippen LogP) is 3.12. The lowest BCUT2D eigenvalue weighted by Gasteiger charge is -2.03. The van der Waals surface area contributed by atoms with E-state index in [0.29, 0.717) is 0 Å². The van der Waals surface area contributed by atoms with E-state index in [0.717, 1.165) is 33.7 Å². The third kappa shape index (κ3) is 1.65. The summed E-state index contributed by atoms with van der Waals surface area (Å²) in [5, 5.41) is 0. The van der Waals surface area contributed by atoms with E-state index in [2.05, 4.69) is 9.97 Å². The molecular formula is C14H13N3. The SMILES string of the molecule is Cc1cc(N)ccc1-c1nc2ccccc2[nH]1. The fourth-order valence-electron chi connectivity index (χ4n) is 2.03. The van der Waals surface area contributed by atoms with Gasteiger partial charge in [-0.2, -0.15) is 0 Å². The van der Waals surface area contributed by atoms with E-state index in [1.165, 1.54) is 0 Å². The number of fused-ring (bicyclic) bond motifs is 1. The Balaban J connectivity index is 2.20. The van der Waals surface area contributed by atoms with E-state index >= 15 is 0 Å². The Morgan fingerprint density at radius 3 is 2.71 bits per heavy atom. The van der Waals surface area contributed by atoms with Gasteiger partial charge < -0.3 is 10.7 Å². The first-order chi connectivity index (χ1) is 8.24. The number of benzene rings is 2. The molecule has 3 heteroatoms. The molecule has 3 aromatic rings. The molecule has 84 valence electrons. The van der Waals surface area contributed by atoms with Crippen molar-refractivity contribution in [2.24, 2.45) is 0 Å². The van der Waals surface area contributed by atoms with Gasteiger partial charge in [0.15, 0.2) is 0 Å². The summed E-state index contributed by atoms with van der Waals surface area (Å²) in [5.74, 6) is 0.892. The Hall–Kier alpha value is -2.29. The van der Waals surface area contributed by atoms with Crippen LogP contribution in [0.4, 0.5) is 5.69 Å². The number of nitrogen functional groups attached to an aromatic ring is 1. The lowest BCUT2D eigenvalue weighted by atomic mass is 10.1. The van der Waals surface area contributed by atoms with Crippen molar-refractivity contribution in [2.45, 2.75) is 6.92 Å². The van der Waals surface area contributed by atoms with Crippen LogP contribution in [-0.2, 0) is 0 Å². The second-order valence-electron chi connectivity index (χ2n) is 4.18. The van der Waals surface area contributed by atoms with E-state index in [1.807, 2.05) is 49.4 Å². The smallest absolute Gasteiger partial charge is 0.138 e. The van der Waals surface area contributed by atoms with Crippen LogP contribution in [0.5, 0.6) is 0 Å². The number of nitrogens with two attached hydrogens (primary N) is 1. The van der Waals surface area contributed by atoms with Crippen LogP contribution in [0.2, 0.25) is 0 Å². The van der Waals surface area contributed by atoms with Crippen molar-refractivity contribution in [3.8, 4) is 11.4 Å². The summed E-state index contributed by atoms with van der Waals surface area (Å²) in [5.41, 5.74) is 10.8. The van der Waals surface area contributed by atoms with Gasteiger partial charge in [-0.25, -0.2) is 4.98 Å². The van der Waals surface area contributed by atoms with Crippen LogP contribution in [0.25, 0.3) is 22.4 Å². The standard InChI is InChI=1S/C14H13N3/c1-9-8-10(15)6-7-11(9)14-16-12-4-2-3-5-13(12)17-14/h2-8H,15H2,1H3,(H,16,17). The molecule has 0 atom stereocenters. The number of aryl methyl sites for hydroxylation is 1. The van der Waals surface area contributed by atoms with E-state index in [1.54, 1.807) is 0 Å². The number of imidazole rings is 1. The Morgan fingerprint density at radius 2 is 1.94 bits per heavy atom. The van der Waals surface area contributed by atoms with Crippen LogP contribution < -0.4 is 5.73 Å². The number of nitrogens with one attached hydrogen (secondary N) is 1. The van der Waals surface area contributed by atoms with Crippen molar-refractivity contribution < 1.29 is 0 Å². The highest BCUT2D eigenvalue weighted by Gasteiger charge is 2.07. The molecular weight excluding hydrogens is 210 g/mol. The third-order valence-corrected chi connectivity index (χ3v) is 2.89. The highest BCUT2D eigenvalue weighted by Crippen LogP contribution is 2.24. The molecule has 0 saturated carbocycles. The second kappa shape index (κ2) is 3.63. The molecule has 1 aromatic heterocycles. The number of hydrogen-bond donors (Lipinski definition) is 2. The normalized spacial score (nSPS) is 10.9. The molecule has 0 fully saturated rings. The topological polar surface area (TPSA) is 54.7 Å². The first kappa shape index (κ1) is 9.90. The molecule has 0 radical (unpaired) electrons. The van der Waals surface area contributed by atoms with E-state index < -0.39 is 0 Å². The maximum absolute atomic E-state index is 5.75. The number of nitrogens with zero attached hydrogens (tertiary/aromatic N) is 1. The summed E-state index contributed by atoms with van der Waals surface area (Å²) < 4.78 is 0. The zero-order valence-electron chi connectivity index (χ0n) is 9.57. The Labute approximate surface area is 99.3 Å². The van der Waals surface area contributed by atoms with Crippen LogP contribution in [-0.4, -0.2) is 9.97 Å². The zero-order chi connectivity index (χ0) is 11.8. The largest absolute Gasteiger partial charge is 0.399 e. The molecule has 0 unspecified atom stereocenters. The average Bonchev–Trinajstić information content (AvgIpc) is 2.72. The van der Waals surface area contributed by atoms with E-state index in [-0.39, 0.29) is 0 Å². The zero-order valence-corrected chi connectivity index (χ0v) is 9.57. The van der Waals surface area contributed by atoms with Gasteiger partial charge in [-0.05, 0) is 42.8 Å². The number of aromatic nitrogens is 2. The lowest BCUT2D eigenvalue weighted by Crippen LogP contribution is -1.89. The summed E-state index contributed by atoms with van der Waals surface area (Å²) in [4.78, 5) is 7.90. The molecule has 0 bridgehead atoms. The fourth-order valence-corrected chi connectivity index (χ4v) is 2.03. The lowest BCUT2D eigenvalue weighted by molar-refractivity contribution is 1.31. The molecule has 0 saturated heterocycles. The summed E-state index contributed by atoms with van der Waals surface area (Å²) in [7, 11) is 0. The predicted molar refractivity (Wildman–Crippen MR) is 70.7 cm³/mol. The van der Waals surface area contributed by atoms with Gasteiger partial charge in [-0.15, -0.1) is 0 Å². The molecule has 0 spiro atoms. The van der Waals surface area contributed by atoms with Crippen LogP contribution in [0.1, 0.15) is 5.56 Å². The quantitative estimate of drug-likeness (QED) is 0.623. The van der Waals surface area contributed by atoms with Gasteiger partial charge in [0.05, 0.1) is 11.0 Å². The Bertz CT molecular complexity index is 650. The van der Waals surface area contributed by atoms with Crippen LogP contribution in [0, 0.1) is 6.92 Å². The first-order valence-electron chi connectivity index (χ1n) is 5.55. The number of rotatable bonds is 1. The highest BCUT2D eigenvalue weighted by atomic mass is 14.9. The van der Waals surface area contributed by atoms with Crippen LogP contribution >= 0.6 is 0 Å². The minimum absolute atomic E-state index is 0.780. The van der Waals surface area contributed by atoms with Gasteiger partial charge in [-0.3, -0.25) is 0 Å². The molecule has 3 N–H and O–H groups in total. The minimum atomic E-state index is 0.780. The summed E-state index contributed by atoms with van der Waals surface area (Å²) >= 11 is 0. The second-order valence-corrected chi connectivity index (χ2v) is 4.18. The van der Waals surface area contributed by atoms with Crippen molar-refractivity contribution in [3.05, 3.63) is 48.0 Å². The molecule has 0 aliphatic carbocycles. The maximum Gasteiger partial charge on any atom is 0.138 e. The monoisotopic (exact) mass is 223 g/mol. The van der Waals surface area contributed by atoms with Crippen molar-refractivity contribution >= 4 is 16.7 Å². The molecule has 0 amide bonds. The van der Waals surface area contributed by atoms with Crippen LogP contribution in [0.15, 0.2) is 42.5 Å². The number of aromatic amines is 1. The fraction of sp³-hybridized carbons (Fsp3) is 0.0714. The van der Waals surface area contributed by atoms with Gasteiger partial charge in [0.1, 0.15) is 5.82 Å². The van der Waals surface area contributed by atoms with Gasteiger partial charge in [0.25, 0.3) is 0 Å². The van der Waals surface area contributed by atoms with E-state index in [4.69, 9.17) is 5.73 Å². The van der Waals surface area contributed by atoms with Crippen LogP contribution in [0.3, 0.4) is 0 Å². The Morgan fingerprint density at radius 1 is 1.12 bits per heavy atom. The summed E-state index contributed by atoms with van der Waals surface area (Å²) in [6, 6.07) is 13.9. The van der Waals surface area contributed by atoms with Crippen molar-refractivity contribution in [3.63, 3.8) is 0 Å². The average molecular weight is 223 g/mol. The summed E-state index contributed by atoms with van der Waals surface area (Å²) in [6.07, 6.45) is 0. The minimum Gasteiger partial charge on any atom is -0.399 e. The summed E-state index contributed by atoms with van der Waals surface area (Å²) in [6.45, 7) is 2.04. The van der Waals surface area contributed by atoms with Gasteiger partial charge in [-0.1, -0.05) is 12.1 Å². The van der Waals surface area contributed by atoms with E-state index in [9.17, 15) is 0 Å². The number of hydrogen-bond acceptors (Lipinski definition) is 2. The van der Waals surface area contributed by atoms with Gasteiger partial charge in [0, 0.05) is 11.3 Å². The number of anilines is 1. The molecule has 17 heavy (non-hydrogen) atoms. The first-order valence-corrected chi connectivity index (χ1v) is 5.55. The maximum atomic E-state index is 5.75. The van der Waals surface area contributed by atoms with Crippen molar-refractivity contribution in [1.29, 1.82) is 0 Å². The third-order valence-electron chi connectivity index (χ3n) is 2.89. The van der Waals surface area contributed by atoms with Crippen molar-refractivity contribution in [2.75, 3.05) is 5.73 Å². The van der Waals surface area contributed by atoms with Gasteiger partial charge in [0.2, 0.25) is 0 Å². The molecule has 1 heterocycles. The molecule has 0 aliphatic heterocycles. The molecule has 2 aromatic carbocycles. The van der Waals surface area contributed by atoms with Crippen molar-refractivity contribution in [1.82, 2.24) is 9.97 Å². The number of para-hydroxylation sites is 2. The molecule has 3 rings (SSSR count). The number of H-pyrrole nitrogens is 1. The highest BCUT2D eigenvalue weighted by molar-refractivity contribution is 5.80. The van der Waals surface area contributed by atoms with Gasteiger partial charge >= 0.3 is 0 Å². The molecule has 0 aliphatic rings. The molecule has 3 nitrogen and oxygen atoms in total.